The third kappa shape index (κ3) is 3.77. The summed E-state index contributed by atoms with van der Waals surface area (Å²) in [5.74, 6) is 0.00769. The first-order valence-corrected chi connectivity index (χ1v) is 7.97. The molecule has 0 aromatic carbocycles. The van der Waals surface area contributed by atoms with Gasteiger partial charge in [-0.15, -0.1) is 11.3 Å². The molecule has 6 heteroatoms. The molecule has 1 aromatic rings. The summed E-state index contributed by atoms with van der Waals surface area (Å²) in [6.07, 6.45) is 4.04. The average Bonchev–Trinajstić information content (AvgIpc) is 3.12. The Balaban J connectivity index is 1.86. The number of carbonyl (C=O) groups is 1. The number of aliphatic hydroxyl groups excluding tert-OH is 1. The molecule has 1 amide bonds. The topological polar surface area (TPSA) is 71.5 Å². The summed E-state index contributed by atoms with van der Waals surface area (Å²) >= 11 is 1.37. The first kappa shape index (κ1) is 15.4. The number of hydrogen-bond acceptors (Lipinski definition) is 5. The zero-order chi connectivity index (χ0) is 14.5. The van der Waals surface area contributed by atoms with Gasteiger partial charge in [0.25, 0.3) is 5.91 Å². The molecule has 20 heavy (non-hydrogen) atoms. The molecular formula is C14H22N2O3S. The van der Waals surface area contributed by atoms with E-state index in [-0.39, 0.29) is 24.5 Å². The number of amides is 1. The summed E-state index contributed by atoms with van der Waals surface area (Å²) in [5.41, 5.74) is 0. The summed E-state index contributed by atoms with van der Waals surface area (Å²) in [6, 6.07) is 0. The molecule has 112 valence electrons. The Morgan fingerprint density at radius 3 is 3.15 bits per heavy atom. The van der Waals surface area contributed by atoms with Crippen molar-refractivity contribution in [3.8, 4) is 0 Å². The van der Waals surface area contributed by atoms with Crippen LogP contribution in [0.1, 0.15) is 53.9 Å². The Bertz CT molecular complexity index is 443. The second-order valence-electron chi connectivity index (χ2n) is 5.23. The SMILES string of the molecule is CCC(C)C(O)CNC(=O)c1cnc(C2CCCO2)s1. The van der Waals surface area contributed by atoms with Gasteiger partial charge in [-0.1, -0.05) is 20.3 Å². The largest absolute Gasteiger partial charge is 0.391 e. The van der Waals surface area contributed by atoms with Gasteiger partial charge in [0.1, 0.15) is 16.0 Å². The molecule has 5 nitrogen and oxygen atoms in total. The minimum atomic E-state index is -0.505. The van der Waals surface area contributed by atoms with Gasteiger partial charge in [-0.2, -0.15) is 0 Å². The van der Waals surface area contributed by atoms with Crippen LogP contribution in [0.5, 0.6) is 0 Å². The molecule has 0 aliphatic carbocycles. The number of nitrogens with zero attached hydrogens (tertiary/aromatic N) is 1. The van der Waals surface area contributed by atoms with Crippen molar-refractivity contribution >= 4 is 17.2 Å². The van der Waals surface area contributed by atoms with Gasteiger partial charge in [-0.3, -0.25) is 4.79 Å². The van der Waals surface area contributed by atoms with E-state index in [1.807, 2.05) is 13.8 Å². The summed E-state index contributed by atoms with van der Waals surface area (Å²) in [7, 11) is 0. The van der Waals surface area contributed by atoms with Crippen LogP contribution >= 0.6 is 11.3 Å². The van der Waals surface area contributed by atoms with Crippen LogP contribution in [0.2, 0.25) is 0 Å². The minimum Gasteiger partial charge on any atom is -0.391 e. The van der Waals surface area contributed by atoms with Crippen molar-refractivity contribution in [1.82, 2.24) is 10.3 Å². The summed E-state index contributed by atoms with van der Waals surface area (Å²) in [5, 5.41) is 13.5. The number of nitrogens with one attached hydrogen (secondary N) is 1. The van der Waals surface area contributed by atoms with Crippen LogP contribution in [0, 0.1) is 5.92 Å². The summed E-state index contributed by atoms with van der Waals surface area (Å²) in [6.45, 7) is 5.04. The Morgan fingerprint density at radius 1 is 1.70 bits per heavy atom. The Morgan fingerprint density at radius 2 is 2.50 bits per heavy atom. The van der Waals surface area contributed by atoms with E-state index in [0.717, 1.165) is 30.9 Å². The standard InChI is InChI=1S/C14H22N2O3S/c1-3-9(2)10(17)7-15-13(18)12-8-16-14(20-12)11-5-4-6-19-11/h8-11,17H,3-7H2,1-2H3,(H,15,18). The Kier molecular flexibility index (Phi) is 5.51. The van der Waals surface area contributed by atoms with Gasteiger partial charge in [-0.25, -0.2) is 4.98 Å². The molecule has 2 rings (SSSR count). The first-order chi connectivity index (χ1) is 9.61. The van der Waals surface area contributed by atoms with Crippen LogP contribution in [0.25, 0.3) is 0 Å². The molecule has 1 aliphatic heterocycles. The van der Waals surface area contributed by atoms with Gasteiger partial charge in [0.05, 0.1) is 12.3 Å². The van der Waals surface area contributed by atoms with Crippen molar-refractivity contribution in [3.63, 3.8) is 0 Å². The van der Waals surface area contributed by atoms with E-state index in [1.165, 1.54) is 11.3 Å². The highest BCUT2D eigenvalue weighted by atomic mass is 32.1. The van der Waals surface area contributed by atoms with Crippen LogP contribution in [-0.4, -0.2) is 35.3 Å². The normalized spacial score (nSPS) is 21.6. The number of rotatable bonds is 6. The fraction of sp³-hybridized carbons (Fsp3) is 0.714. The van der Waals surface area contributed by atoms with Crippen molar-refractivity contribution in [2.75, 3.05) is 13.2 Å². The van der Waals surface area contributed by atoms with Crippen molar-refractivity contribution in [2.45, 2.75) is 45.3 Å². The maximum absolute atomic E-state index is 12.0. The summed E-state index contributed by atoms with van der Waals surface area (Å²) in [4.78, 5) is 16.8. The fourth-order valence-corrected chi connectivity index (χ4v) is 2.99. The van der Waals surface area contributed by atoms with Gasteiger partial charge in [0.15, 0.2) is 0 Å². The number of aromatic nitrogens is 1. The van der Waals surface area contributed by atoms with Crippen LogP contribution in [0.15, 0.2) is 6.20 Å². The molecule has 3 unspecified atom stereocenters. The second-order valence-corrected chi connectivity index (χ2v) is 6.29. The predicted molar refractivity (Wildman–Crippen MR) is 77.8 cm³/mol. The number of aliphatic hydroxyl groups is 1. The molecule has 1 aromatic heterocycles. The third-order valence-electron chi connectivity index (χ3n) is 3.73. The molecule has 0 spiro atoms. The molecule has 1 saturated heterocycles. The van der Waals surface area contributed by atoms with Crippen molar-refractivity contribution < 1.29 is 14.6 Å². The van der Waals surface area contributed by atoms with E-state index in [0.29, 0.717) is 4.88 Å². The van der Waals surface area contributed by atoms with Gasteiger partial charge < -0.3 is 15.2 Å². The van der Waals surface area contributed by atoms with Crippen molar-refractivity contribution in [3.05, 3.63) is 16.1 Å². The average molecular weight is 298 g/mol. The molecule has 3 atom stereocenters. The Hall–Kier alpha value is -0.980. The van der Waals surface area contributed by atoms with E-state index >= 15 is 0 Å². The van der Waals surface area contributed by atoms with E-state index in [2.05, 4.69) is 10.3 Å². The number of hydrogen-bond donors (Lipinski definition) is 2. The highest BCUT2D eigenvalue weighted by Crippen LogP contribution is 2.31. The Labute approximate surface area is 123 Å². The minimum absolute atomic E-state index is 0.0484. The van der Waals surface area contributed by atoms with E-state index in [1.54, 1.807) is 6.20 Å². The van der Waals surface area contributed by atoms with Gasteiger partial charge in [0.2, 0.25) is 0 Å². The number of thiazole rings is 1. The molecule has 0 radical (unpaired) electrons. The molecule has 0 saturated carbocycles. The number of carbonyl (C=O) groups excluding carboxylic acids is 1. The van der Waals surface area contributed by atoms with E-state index in [4.69, 9.17) is 4.74 Å². The smallest absolute Gasteiger partial charge is 0.263 e. The lowest BCUT2D eigenvalue weighted by Gasteiger charge is -2.17. The molecule has 2 heterocycles. The molecule has 1 fully saturated rings. The third-order valence-corrected chi connectivity index (χ3v) is 4.81. The molecular weight excluding hydrogens is 276 g/mol. The quantitative estimate of drug-likeness (QED) is 0.844. The van der Waals surface area contributed by atoms with Crippen molar-refractivity contribution in [2.24, 2.45) is 5.92 Å². The maximum Gasteiger partial charge on any atom is 0.263 e. The monoisotopic (exact) mass is 298 g/mol. The highest BCUT2D eigenvalue weighted by molar-refractivity contribution is 7.13. The maximum atomic E-state index is 12.0. The van der Waals surface area contributed by atoms with Crippen LogP contribution in [0.3, 0.4) is 0 Å². The van der Waals surface area contributed by atoms with Crippen molar-refractivity contribution in [1.29, 1.82) is 0 Å². The summed E-state index contributed by atoms with van der Waals surface area (Å²) < 4.78 is 5.55. The molecule has 1 aliphatic rings. The number of ether oxygens (including phenoxy) is 1. The van der Waals surface area contributed by atoms with E-state index in [9.17, 15) is 9.90 Å². The van der Waals surface area contributed by atoms with Crippen LogP contribution in [-0.2, 0) is 4.74 Å². The lowest BCUT2D eigenvalue weighted by Crippen LogP contribution is -2.35. The fourth-order valence-electron chi connectivity index (χ4n) is 2.07. The van der Waals surface area contributed by atoms with E-state index < -0.39 is 6.10 Å². The molecule has 2 N–H and O–H groups in total. The van der Waals surface area contributed by atoms with Gasteiger partial charge >= 0.3 is 0 Å². The second kappa shape index (κ2) is 7.15. The van der Waals surface area contributed by atoms with Gasteiger partial charge in [0, 0.05) is 13.2 Å². The zero-order valence-corrected chi connectivity index (χ0v) is 12.8. The van der Waals surface area contributed by atoms with Gasteiger partial charge in [-0.05, 0) is 18.8 Å². The highest BCUT2D eigenvalue weighted by Gasteiger charge is 2.22. The lowest BCUT2D eigenvalue weighted by atomic mass is 10.0. The zero-order valence-electron chi connectivity index (χ0n) is 12.0. The predicted octanol–water partition coefficient (Wildman–Crippen LogP) is 2.13. The molecule has 0 bridgehead atoms. The first-order valence-electron chi connectivity index (χ1n) is 7.15. The van der Waals surface area contributed by atoms with Crippen LogP contribution < -0.4 is 5.32 Å². The lowest BCUT2D eigenvalue weighted by molar-refractivity contribution is 0.0853. The van der Waals surface area contributed by atoms with Crippen LogP contribution in [0.4, 0.5) is 0 Å².